The molecule has 0 fully saturated rings. The molecule has 0 amide bonds. The molecule has 0 saturated carbocycles. The van der Waals surface area contributed by atoms with E-state index in [1.54, 1.807) is 18.2 Å². The molecule has 0 saturated heterocycles. The van der Waals surface area contributed by atoms with Gasteiger partial charge < -0.3 is 10.0 Å². The first-order valence-corrected chi connectivity index (χ1v) is 6.78. The van der Waals surface area contributed by atoms with Crippen LogP contribution in [0.3, 0.4) is 0 Å². The summed E-state index contributed by atoms with van der Waals surface area (Å²) in [6, 6.07) is 5.82. The van der Waals surface area contributed by atoms with Crippen LogP contribution in [0.25, 0.3) is 0 Å². The molecule has 2 heteroatoms. The van der Waals surface area contributed by atoms with Gasteiger partial charge in [0.05, 0.1) is 0 Å². The number of nitrogens with zero attached hydrogens (tertiary/aromatic N) is 1. The van der Waals surface area contributed by atoms with Crippen LogP contribution in [0.15, 0.2) is 55.3 Å². The first-order chi connectivity index (χ1) is 9.29. The highest BCUT2D eigenvalue weighted by Crippen LogP contribution is 2.28. The van der Waals surface area contributed by atoms with Crippen LogP contribution in [0.4, 0.5) is 0 Å². The van der Waals surface area contributed by atoms with Crippen molar-refractivity contribution in [2.45, 2.75) is 32.7 Å². The molecule has 0 spiro atoms. The quantitative estimate of drug-likeness (QED) is 0.803. The van der Waals surface area contributed by atoms with Gasteiger partial charge in [0.15, 0.2) is 0 Å². The van der Waals surface area contributed by atoms with Crippen molar-refractivity contribution in [3.8, 4) is 5.75 Å². The number of benzene rings is 1. The summed E-state index contributed by atoms with van der Waals surface area (Å²) >= 11 is 0. The van der Waals surface area contributed by atoms with Crippen molar-refractivity contribution in [1.29, 1.82) is 0 Å². The Bertz CT molecular complexity index is 521. The SMILES string of the molecule is C=C/C=C(\C=C)N(C)Cc1cc(C(C)(C)C)ccc1O. The molecule has 0 aliphatic heterocycles. The Morgan fingerprint density at radius 3 is 2.45 bits per heavy atom. The maximum atomic E-state index is 10.0. The molecule has 1 rings (SSSR count). The average molecular weight is 271 g/mol. The van der Waals surface area contributed by atoms with Crippen LogP contribution in [0.1, 0.15) is 31.9 Å². The average Bonchev–Trinajstić information content (AvgIpc) is 2.37. The summed E-state index contributed by atoms with van der Waals surface area (Å²) in [6.07, 6.45) is 5.42. The van der Waals surface area contributed by atoms with Gasteiger partial charge in [0.1, 0.15) is 5.75 Å². The van der Waals surface area contributed by atoms with Crippen LogP contribution >= 0.6 is 0 Å². The van der Waals surface area contributed by atoms with E-state index < -0.39 is 0 Å². The molecule has 0 heterocycles. The van der Waals surface area contributed by atoms with Crippen LogP contribution in [0, 0.1) is 0 Å². The highest BCUT2D eigenvalue weighted by Gasteiger charge is 2.16. The maximum Gasteiger partial charge on any atom is 0.120 e. The summed E-state index contributed by atoms with van der Waals surface area (Å²) in [5, 5.41) is 10.0. The summed E-state index contributed by atoms with van der Waals surface area (Å²) in [7, 11) is 1.97. The fraction of sp³-hybridized carbons (Fsp3) is 0.333. The van der Waals surface area contributed by atoms with Gasteiger partial charge in [-0.25, -0.2) is 0 Å². The van der Waals surface area contributed by atoms with Crippen molar-refractivity contribution in [3.63, 3.8) is 0 Å². The number of likely N-dealkylation sites (N-methyl/N-ethyl adjacent to an activating group) is 1. The number of rotatable bonds is 5. The van der Waals surface area contributed by atoms with E-state index in [1.807, 2.05) is 24.1 Å². The molecular formula is C18H25NO. The van der Waals surface area contributed by atoms with E-state index in [-0.39, 0.29) is 5.41 Å². The third kappa shape index (κ3) is 4.02. The molecule has 0 aliphatic rings. The molecule has 1 N–H and O–H groups in total. The van der Waals surface area contributed by atoms with E-state index >= 15 is 0 Å². The van der Waals surface area contributed by atoms with Crippen LogP contribution in [0.5, 0.6) is 5.75 Å². The largest absolute Gasteiger partial charge is 0.508 e. The molecule has 0 atom stereocenters. The Kier molecular flexibility index (Phi) is 5.20. The lowest BCUT2D eigenvalue weighted by atomic mass is 9.86. The number of hydrogen-bond donors (Lipinski definition) is 1. The monoisotopic (exact) mass is 271 g/mol. The fourth-order valence-electron chi connectivity index (χ4n) is 2.00. The molecule has 1 aromatic carbocycles. The zero-order valence-electron chi connectivity index (χ0n) is 13.0. The zero-order valence-corrected chi connectivity index (χ0v) is 13.0. The van der Waals surface area contributed by atoms with Gasteiger partial charge in [-0.15, -0.1) is 0 Å². The van der Waals surface area contributed by atoms with Gasteiger partial charge in [0, 0.05) is 24.9 Å². The minimum Gasteiger partial charge on any atom is -0.508 e. The number of phenols is 1. The standard InChI is InChI=1S/C18H25NO/c1-7-9-16(8-2)19(6)13-14-12-15(18(3,4)5)10-11-17(14)20/h7-12,20H,1-2,13H2,3-6H3/b16-9+. The first kappa shape index (κ1) is 16.1. The van der Waals surface area contributed by atoms with Gasteiger partial charge >= 0.3 is 0 Å². The maximum absolute atomic E-state index is 10.0. The summed E-state index contributed by atoms with van der Waals surface area (Å²) < 4.78 is 0. The third-order valence-corrected chi connectivity index (χ3v) is 3.29. The van der Waals surface area contributed by atoms with E-state index in [0.29, 0.717) is 12.3 Å². The molecule has 0 bridgehead atoms. The van der Waals surface area contributed by atoms with Gasteiger partial charge in [-0.3, -0.25) is 0 Å². The Balaban J connectivity index is 3.05. The third-order valence-electron chi connectivity index (χ3n) is 3.29. The summed E-state index contributed by atoms with van der Waals surface area (Å²) in [5.41, 5.74) is 3.17. The van der Waals surface area contributed by atoms with Crippen molar-refractivity contribution in [1.82, 2.24) is 4.90 Å². The summed E-state index contributed by atoms with van der Waals surface area (Å²) in [4.78, 5) is 2.04. The minimum absolute atomic E-state index is 0.0687. The second-order valence-electron chi connectivity index (χ2n) is 5.98. The molecule has 0 radical (unpaired) electrons. The molecule has 0 unspecified atom stereocenters. The van der Waals surface area contributed by atoms with Crippen molar-refractivity contribution >= 4 is 0 Å². The molecule has 20 heavy (non-hydrogen) atoms. The van der Waals surface area contributed by atoms with E-state index in [0.717, 1.165) is 11.3 Å². The summed E-state index contributed by atoms with van der Waals surface area (Å²) in [5.74, 6) is 0.326. The number of allylic oxidation sites excluding steroid dienone is 3. The van der Waals surface area contributed by atoms with Gasteiger partial charge in [0.2, 0.25) is 0 Å². The lowest BCUT2D eigenvalue weighted by molar-refractivity contribution is 0.402. The molecular weight excluding hydrogens is 246 g/mol. The van der Waals surface area contributed by atoms with Crippen molar-refractivity contribution in [2.24, 2.45) is 0 Å². The van der Waals surface area contributed by atoms with Crippen molar-refractivity contribution in [3.05, 3.63) is 66.4 Å². The van der Waals surface area contributed by atoms with E-state index in [9.17, 15) is 5.11 Å². The van der Waals surface area contributed by atoms with Crippen LogP contribution < -0.4 is 0 Å². The van der Waals surface area contributed by atoms with Crippen molar-refractivity contribution < 1.29 is 5.11 Å². The Labute approximate surface area is 122 Å². The molecule has 0 aromatic heterocycles. The highest BCUT2D eigenvalue weighted by atomic mass is 16.3. The zero-order chi connectivity index (χ0) is 15.3. The van der Waals surface area contributed by atoms with Crippen LogP contribution in [0.2, 0.25) is 0 Å². The first-order valence-electron chi connectivity index (χ1n) is 6.78. The Hall–Kier alpha value is -1.96. The molecule has 2 nitrogen and oxygen atoms in total. The predicted octanol–water partition coefficient (Wildman–Crippen LogP) is 4.38. The lowest BCUT2D eigenvalue weighted by Gasteiger charge is -2.24. The van der Waals surface area contributed by atoms with Crippen LogP contribution in [-0.2, 0) is 12.0 Å². The van der Waals surface area contributed by atoms with E-state index in [4.69, 9.17) is 0 Å². The number of aromatic hydroxyl groups is 1. The van der Waals surface area contributed by atoms with Gasteiger partial charge in [-0.1, -0.05) is 46.1 Å². The lowest BCUT2D eigenvalue weighted by Crippen LogP contribution is -2.17. The second-order valence-corrected chi connectivity index (χ2v) is 5.98. The Morgan fingerprint density at radius 2 is 1.95 bits per heavy atom. The second kappa shape index (κ2) is 6.47. The predicted molar refractivity (Wildman–Crippen MR) is 86.8 cm³/mol. The molecule has 108 valence electrons. The summed E-state index contributed by atoms with van der Waals surface area (Å²) in [6.45, 7) is 14.6. The topological polar surface area (TPSA) is 23.5 Å². The van der Waals surface area contributed by atoms with Gasteiger partial charge in [0.25, 0.3) is 0 Å². The van der Waals surface area contributed by atoms with Gasteiger partial charge in [-0.05, 0) is 35.3 Å². The Morgan fingerprint density at radius 1 is 1.30 bits per heavy atom. The van der Waals surface area contributed by atoms with Crippen LogP contribution in [-0.4, -0.2) is 17.1 Å². The molecule has 1 aromatic rings. The highest BCUT2D eigenvalue weighted by molar-refractivity contribution is 5.39. The normalized spacial score (nSPS) is 12.1. The minimum atomic E-state index is 0.0687. The van der Waals surface area contributed by atoms with Gasteiger partial charge in [-0.2, -0.15) is 0 Å². The van der Waals surface area contributed by atoms with E-state index in [1.165, 1.54) is 5.56 Å². The van der Waals surface area contributed by atoms with E-state index in [2.05, 4.69) is 40.0 Å². The fourth-order valence-corrected chi connectivity index (χ4v) is 2.00. The smallest absolute Gasteiger partial charge is 0.120 e. The number of phenolic OH excluding ortho intramolecular Hbond substituents is 1. The van der Waals surface area contributed by atoms with Crippen molar-refractivity contribution in [2.75, 3.05) is 7.05 Å². The number of hydrogen-bond acceptors (Lipinski definition) is 2. The molecule has 0 aliphatic carbocycles.